The van der Waals surface area contributed by atoms with Crippen molar-refractivity contribution in [3.63, 3.8) is 0 Å². The molecule has 3 aliphatic rings. The number of hydrogen-bond acceptors (Lipinski definition) is 11. The van der Waals surface area contributed by atoms with E-state index in [1.807, 2.05) is 0 Å². The molecule has 37 heavy (non-hydrogen) atoms. The summed E-state index contributed by atoms with van der Waals surface area (Å²) in [5.41, 5.74) is -4.95. The van der Waals surface area contributed by atoms with Crippen molar-refractivity contribution < 1.29 is 44.3 Å². The summed E-state index contributed by atoms with van der Waals surface area (Å²) in [7, 11) is 5.84. The highest BCUT2D eigenvalue weighted by molar-refractivity contribution is 6.25. The van der Waals surface area contributed by atoms with Crippen LogP contribution >= 0.6 is 0 Å². The molecule has 0 bridgehead atoms. The van der Waals surface area contributed by atoms with Crippen LogP contribution in [0.25, 0.3) is 5.76 Å². The molecule has 3 aliphatic carbocycles. The highest BCUT2D eigenvalue weighted by atomic mass is 16.5. The van der Waals surface area contributed by atoms with Gasteiger partial charge in [0.15, 0.2) is 17.2 Å². The van der Waals surface area contributed by atoms with E-state index in [0.717, 1.165) is 14.0 Å². The molecule has 4 rings (SSSR count). The van der Waals surface area contributed by atoms with Crippen LogP contribution in [0.1, 0.15) is 30.0 Å². The Balaban J connectivity index is 2.11. The van der Waals surface area contributed by atoms with E-state index >= 15 is 0 Å². The van der Waals surface area contributed by atoms with Gasteiger partial charge in [-0.05, 0) is 58.1 Å². The number of aliphatic hydroxyl groups is 3. The molecule has 11 heteroatoms. The summed E-state index contributed by atoms with van der Waals surface area (Å²) >= 11 is 0. The van der Waals surface area contributed by atoms with Crippen LogP contribution in [0.4, 0.5) is 0 Å². The molecule has 0 amide bonds. The Labute approximate surface area is 213 Å². The van der Waals surface area contributed by atoms with E-state index in [0.29, 0.717) is 17.7 Å². The second kappa shape index (κ2) is 8.79. The number of ketones is 3. The zero-order valence-corrected chi connectivity index (χ0v) is 21.2. The van der Waals surface area contributed by atoms with Crippen LogP contribution in [0, 0.1) is 11.3 Å². The number of carbonyl (C=O) groups is 4. The van der Waals surface area contributed by atoms with E-state index < -0.39 is 69.0 Å². The number of esters is 1. The third-order valence-corrected chi connectivity index (χ3v) is 7.84. The topological polar surface area (TPSA) is 174 Å². The largest absolute Gasteiger partial charge is 0.508 e. The number of nitrogens with zero attached hydrogens (tertiary/aromatic N) is 1. The first-order chi connectivity index (χ1) is 17.3. The van der Waals surface area contributed by atoms with Gasteiger partial charge >= 0.3 is 5.97 Å². The number of methoxy groups -OCH3 is 1. The van der Waals surface area contributed by atoms with Crippen molar-refractivity contribution in [1.82, 2.24) is 10.2 Å². The molecule has 198 valence electrons. The van der Waals surface area contributed by atoms with Crippen LogP contribution in [0.5, 0.6) is 5.75 Å². The molecule has 1 saturated carbocycles. The zero-order valence-electron chi connectivity index (χ0n) is 21.2. The molecular formula is C26H30N2O9. The minimum Gasteiger partial charge on any atom is -0.508 e. The number of fused-ring (bicyclic) bond motifs is 3. The smallest absolute Gasteiger partial charge is 0.316 e. The lowest BCUT2D eigenvalue weighted by molar-refractivity contribution is -0.169. The fourth-order valence-corrected chi connectivity index (χ4v) is 6.27. The van der Waals surface area contributed by atoms with Crippen LogP contribution in [0.2, 0.25) is 0 Å². The summed E-state index contributed by atoms with van der Waals surface area (Å²) in [6.45, 7) is 1.34. The van der Waals surface area contributed by atoms with Crippen LogP contribution in [0.3, 0.4) is 0 Å². The molecule has 0 saturated heterocycles. The number of rotatable bonds is 5. The minimum absolute atomic E-state index is 0.0796. The number of Topliss-reactive ketones (excluding diaryl/α,β-unsaturated/α-hetero) is 3. The Kier molecular flexibility index (Phi) is 6.30. The summed E-state index contributed by atoms with van der Waals surface area (Å²) in [5.74, 6) is -7.35. The first-order valence-corrected chi connectivity index (χ1v) is 11.7. The molecule has 5 N–H and O–H groups in total. The minimum atomic E-state index is -2.79. The van der Waals surface area contributed by atoms with E-state index in [1.165, 1.54) is 25.1 Å². The first-order valence-electron chi connectivity index (χ1n) is 11.7. The Morgan fingerprint density at radius 3 is 2.38 bits per heavy atom. The number of benzene rings is 1. The average Bonchev–Trinajstić information content (AvgIpc) is 2.82. The number of ether oxygens (including phenoxy) is 1. The number of likely N-dealkylation sites (N-methyl/N-ethyl adjacent to an activating group) is 1. The SMILES string of the molecule is CNCc1ccc(O)c2c1C[C@@]1(C(=O)OC)C[C@H]3[C@H](N(C)C)C(=O)C(C(C)=O)=C(O)[C@@]3(O)C(=O)C1=C2O. The molecule has 0 radical (unpaired) electrons. The normalized spacial score (nSPS) is 29.2. The lowest BCUT2D eigenvalue weighted by Gasteiger charge is -2.53. The van der Waals surface area contributed by atoms with Crippen molar-refractivity contribution in [1.29, 1.82) is 0 Å². The third kappa shape index (κ3) is 3.38. The van der Waals surface area contributed by atoms with Gasteiger partial charge in [-0.3, -0.25) is 24.1 Å². The van der Waals surface area contributed by atoms with Crippen LogP contribution in [-0.4, -0.2) is 88.5 Å². The third-order valence-electron chi connectivity index (χ3n) is 7.84. The van der Waals surface area contributed by atoms with E-state index in [2.05, 4.69) is 5.32 Å². The summed E-state index contributed by atoms with van der Waals surface area (Å²) in [6, 6.07) is 1.71. The fourth-order valence-electron chi connectivity index (χ4n) is 6.27. The van der Waals surface area contributed by atoms with Crippen molar-refractivity contribution >= 4 is 29.1 Å². The predicted molar refractivity (Wildman–Crippen MR) is 129 cm³/mol. The zero-order chi connectivity index (χ0) is 27.6. The van der Waals surface area contributed by atoms with Gasteiger partial charge in [-0.25, -0.2) is 0 Å². The second-order valence-corrected chi connectivity index (χ2v) is 10.1. The molecule has 0 unspecified atom stereocenters. The quantitative estimate of drug-likeness (QED) is 0.271. The fraction of sp³-hybridized carbons (Fsp3) is 0.462. The number of aliphatic hydroxyl groups excluding tert-OH is 2. The van der Waals surface area contributed by atoms with Crippen molar-refractivity contribution in [2.24, 2.45) is 11.3 Å². The molecule has 11 nitrogen and oxygen atoms in total. The Bertz CT molecular complexity index is 1310. The van der Waals surface area contributed by atoms with Gasteiger partial charge in [0, 0.05) is 12.5 Å². The summed E-state index contributed by atoms with van der Waals surface area (Å²) in [5, 5.41) is 47.9. The van der Waals surface area contributed by atoms with Gasteiger partial charge in [-0.15, -0.1) is 0 Å². The monoisotopic (exact) mass is 514 g/mol. The van der Waals surface area contributed by atoms with E-state index in [1.54, 1.807) is 13.1 Å². The first kappa shape index (κ1) is 26.5. The van der Waals surface area contributed by atoms with Gasteiger partial charge in [-0.2, -0.15) is 0 Å². The number of aromatic hydroxyl groups is 1. The molecule has 0 aromatic heterocycles. The molecule has 4 atom stereocenters. The maximum Gasteiger partial charge on any atom is 0.316 e. The number of phenols is 1. The Hall–Kier alpha value is -3.54. The standard InChI is InChI=1S/C26H30N2O9/c1-11(29)16-21(32)19(28(3)4)14-9-25(24(35)37-5)8-13-12(10-27-2)6-7-15(30)17(13)20(31)18(25)23(34)26(14,36)22(16)33/h6-7,14,19,27,30-31,33,36H,8-10H2,1-5H3/t14-,19-,25+,26+/m0/s1. The summed E-state index contributed by atoms with van der Waals surface area (Å²) in [4.78, 5) is 54.7. The van der Waals surface area contributed by atoms with Crippen molar-refractivity contribution in [3.05, 3.63) is 45.7 Å². The maximum atomic E-state index is 14.1. The molecule has 0 aliphatic heterocycles. The van der Waals surface area contributed by atoms with Crippen molar-refractivity contribution in [2.75, 3.05) is 28.3 Å². The van der Waals surface area contributed by atoms with Gasteiger partial charge in [-0.1, -0.05) is 6.07 Å². The van der Waals surface area contributed by atoms with Crippen molar-refractivity contribution in [3.8, 4) is 5.75 Å². The van der Waals surface area contributed by atoms with Gasteiger partial charge in [0.05, 0.1) is 24.3 Å². The van der Waals surface area contributed by atoms with Crippen LogP contribution in [-0.2, 0) is 36.9 Å². The molecule has 1 fully saturated rings. The molecular weight excluding hydrogens is 484 g/mol. The highest BCUT2D eigenvalue weighted by Gasteiger charge is 2.69. The van der Waals surface area contributed by atoms with Gasteiger partial charge < -0.3 is 30.5 Å². The van der Waals surface area contributed by atoms with Gasteiger partial charge in [0.25, 0.3) is 0 Å². The van der Waals surface area contributed by atoms with Gasteiger partial charge in [0.1, 0.15) is 28.3 Å². The molecule has 0 heterocycles. The summed E-state index contributed by atoms with van der Waals surface area (Å²) in [6.07, 6.45) is -0.560. The summed E-state index contributed by atoms with van der Waals surface area (Å²) < 4.78 is 5.09. The van der Waals surface area contributed by atoms with E-state index in [-0.39, 0.29) is 24.2 Å². The number of nitrogens with one attached hydrogen (secondary N) is 1. The van der Waals surface area contributed by atoms with Crippen LogP contribution in [0.15, 0.2) is 29.0 Å². The average molecular weight is 515 g/mol. The van der Waals surface area contributed by atoms with Gasteiger partial charge in [0.2, 0.25) is 5.78 Å². The lowest BCUT2D eigenvalue weighted by atomic mass is 9.51. The second-order valence-electron chi connectivity index (χ2n) is 10.1. The number of phenolic OH excluding ortho intramolecular Hbond substituents is 1. The van der Waals surface area contributed by atoms with E-state index in [9.17, 15) is 39.6 Å². The molecule has 0 spiro atoms. The Morgan fingerprint density at radius 2 is 1.84 bits per heavy atom. The maximum absolute atomic E-state index is 14.1. The number of hydrogen-bond donors (Lipinski definition) is 5. The Morgan fingerprint density at radius 1 is 1.19 bits per heavy atom. The van der Waals surface area contributed by atoms with E-state index in [4.69, 9.17) is 4.74 Å². The number of carbonyl (C=O) groups excluding carboxylic acids is 4. The predicted octanol–water partition coefficient (Wildman–Crippen LogP) is 0.330. The molecule has 1 aromatic rings. The lowest BCUT2D eigenvalue weighted by Crippen LogP contribution is -2.68. The van der Waals surface area contributed by atoms with Crippen LogP contribution < -0.4 is 5.32 Å². The van der Waals surface area contributed by atoms with Crippen molar-refractivity contribution in [2.45, 2.75) is 38.0 Å². The molecule has 1 aromatic carbocycles. The highest BCUT2D eigenvalue weighted by Crippen LogP contribution is 2.58.